The van der Waals surface area contributed by atoms with Crippen LogP contribution in [0.4, 0.5) is 3.89 Å². The number of carbonyl (C=O) groups is 1. The molecule has 1 aliphatic carbocycles. The van der Waals surface area contributed by atoms with Crippen LogP contribution in [0.15, 0.2) is 0 Å². The molecule has 110 valence electrons. The summed E-state index contributed by atoms with van der Waals surface area (Å²) < 4.78 is 34.2. The summed E-state index contributed by atoms with van der Waals surface area (Å²) in [6.45, 7) is 2.47. The third kappa shape index (κ3) is 3.68. The zero-order valence-corrected chi connectivity index (χ0v) is 12.2. The van der Waals surface area contributed by atoms with Crippen LogP contribution in [0.3, 0.4) is 0 Å². The van der Waals surface area contributed by atoms with Gasteiger partial charge in [0.05, 0.1) is 5.75 Å². The summed E-state index contributed by atoms with van der Waals surface area (Å²) in [7, 11) is -4.49. The van der Waals surface area contributed by atoms with Gasteiger partial charge in [0.1, 0.15) is 0 Å². The van der Waals surface area contributed by atoms with E-state index in [0.717, 1.165) is 25.7 Å². The van der Waals surface area contributed by atoms with Gasteiger partial charge in [-0.05, 0) is 19.8 Å². The fraction of sp³-hybridized carbons (Fsp3) is 0.923. The molecule has 6 heteroatoms. The second kappa shape index (κ2) is 5.38. The number of halogens is 1. The molecule has 0 N–H and O–H groups in total. The Morgan fingerprint density at radius 3 is 2.37 bits per heavy atom. The minimum Gasteiger partial charge on any atom is -0.337 e. The van der Waals surface area contributed by atoms with Gasteiger partial charge in [-0.3, -0.25) is 4.79 Å². The van der Waals surface area contributed by atoms with Gasteiger partial charge >= 0.3 is 10.2 Å². The van der Waals surface area contributed by atoms with Crippen molar-refractivity contribution in [3.8, 4) is 0 Å². The topological polar surface area (TPSA) is 54.5 Å². The molecule has 0 aromatic carbocycles. The minimum absolute atomic E-state index is 0.0157. The Balaban J connectivity index is 2.06. The van der Waals surface area contributed by atoms with Crippen molar-refractivity contribution in [2.45, 2.75) is 57.4 Å². The van der Waals surface area contributed by atoms with Crippen LogP contribution in [0.25, 0.3) is 0 Å². The van der Waals surface area contributed by atoms with E-state index in [2.05, 4.69) is 6.92 Å². The van der Waals surface area contributed by atoms with Crippen molar-refractivity contribution in [1.82, 2.24) is 4.90 Å². The van der Waals surface area contributed by atoms with Crippen LogP contribution in [0.1, 0.15) is 51.9 Å². The zero-order valence-electron chi connectivity index (χ0n) is 11.4. The fourth-order valence-corrected chi connectivity index (χ4v) is 4.24. The van der Waals surface area contributed by atoms with E-state index in [9.17, 15) is 17.1 Å². The summed E-state index contributed by atoms with van der Waals surface area (Å²) in [5.41, 5.74) is -0.164. The van der Waals surface area contributed by atoms with Crippen LogP contribution in [-0.4, -0.2) is 37.1 Å². The largest absolute Gasteiger partial charge is 0.337 e. The molecule has 1 atom stereocenters. The molecule has 2 rings (SSSR count). The predicted molar refractivity (Wildman–Crippen MR) is 70.8 cm³/mol. The maximum Gasteiger partial charge on any atom is 0.302 e. The molecule has 0 aromatic rings. The summed E-state index contributed by atoms with van der Waals surface area (Å²) in [5.74, 6) is -0.925. The molecule has 0 aromatic heterocycles. The average molecular weight is 291 g/mol. The van der Waals surface area contributed by atoms with Crippen molar-refractivity contribution in [1.29, 1.82) is 0 Å². The van der Waals surface area contributed by atoms with E-state index in [1.807, 2.05) is 4.90 Å². The van der Waals surface area contributed by atoms with Crippen molar-refractivity contribution in [2.75, 3.05) is 12.3 Å². The summed E-state index contributed by atoms with van der Waals surface area (Å²) in [5, 5.41) is 0. The second-order valence-electron chi connectivity index (χ2n) is 6.19. The van der Waals surface area contributed by atoms with Gasteiger partial charge < -0.3 is 4.90 Å². The molecule has 0 bridgehead atoms. The number of hydrogen-bond donors (Lipinski definition) is 0. The maximum atomic E-state index is 12.7. The molecule has 1 saturated heterocycles. The van der Waals surface area contributed by atoms with Crippen molar-refractivity contribution < 1.29 is 17.1 Å². The first kappa shape index (κ1) is 14.8. The lowest BCUT2D eigenvalue weighted by molar-refractivity contribution is -0.133. The maximum absolute atomic E-state index is 12.7. The van der Waals surface area contributed by atoms with Gasteiger partial charge in [0.15, 0.2) is 0 Å². The van der Waals surface area contributed by atoms with E-state index in [0.29, 0.717) is 6.54 Å². The van der Waals surface area contributed by atoms with Crippen molar-refractivity contribution in [2.24, 2.45) is 5.92 Å². The Kier molecular flexibility index (Phi) is 4.18. The molecule has 2 aliphatic rings. The van der Waals surface area contributed by atoms with Crippen LogP contribution in [0.5, 0.6) is 0 Å². The molecular formula is C13H22FNO3S. The molecular weight excluding hydrogens is 269 g/mol. The highest BCUT2D eigenvalue weighted by Gasteiger charge is 2.42. The first-order valence-electron chi connectivity index (χ1n) is 7.03. The molecule has 0 radical (unpaired) electrons. The summed E-state index contributed by atoms with van der Waals surface area (Å²) >= 11 is 0. The summed E-state index contributed by atoms with van der Waals surface area (Å²) in [4.78, 5) is 13.9. The molecule has 1 amide bonds. The SMILES string of the molecule is CC1(N2CC(CS(=O)(=O)F)CC2=O)CCCCCC1. The van der Waals surface area contributed by atoms with Gasteiger partial charge in [-0.25, -0.2) is 0 Å². The number of hydrogen-bond acceptors (Lipinski definition) is 3. The highest BCUT2D eigenvalue weighted by Crippen LogP contribution is 2.36. The number of amides is 1. The zero-order chi connectivity index (χ0) is 14.1. The average Bonchev–Trinajstić information content (AvgIpc) is 2.50. The third-order valence-corrected chi connectivity index (χ3v) is 5.34. The van der Waals surface area contributed by atoms with Crippen LogP contribution in [0, 0.1) is 5.92 Å². The Hall–Kier alpha value is -0.650. The van der Waals surface area contributed by atoms with Crippen molar-refractivity contribution in [3.05, 3.63) is 0 Å². The predicted octanol–water partition coefficient (Wildman–Crippen LogP) is 2.25. The molecule has 1 aliphatic heterocycles. The van der Waals surface area contributed by atoms with Gasteiger partial charge in [-0.15, -0.1) is 3.89 Å². The Morgan fingerprint density at radius 2 is 1.84 bits per heavy atom. The van der Waals surface area contributed by atoms with Gasteiger partial charge in [-0.2, -0.15) is 8.42 Å². The number of nitrogens with zero attached hydrogens (tertiary/aromatic N) is 1. The first-order chi connectivity index (χ1) is 8.80. The van der Waals surface area contributed by atoms with E-state index in [-0.39, 0.29) is 23.8 Å². The van der Waals surface area contributed by atoms with Crippen molar-refractivity contribution in [3.63, 3.8) is 0 Å². The molecule has 2 fully saturated rings. The minimum atomic E-state index is -4.49. The van der Waals surface area contributed by atoms with E-state index >= 15 is 0 Å². The van der Waals surface area contributed by atoms with Gasteiger partial charge in [0, 0.05) is 24.4 Å². The normalized spacial score (nSPS) is 28.4. The highest BCUT2D eigenvalue weighted by molar-refractivity contribution is 7.86. The van der Waals surface area contributed by atoms with Crippen LogP contribution in [0.2, 0.25) is 0 Å². The monoisotopic (exact) mass is 291 g/mol. The molecule has 1 unspecified atom stereocenters. The first-order valence-corrected chi connectivity index (χ1v) is 8.58. The van der Waals surface area contributed by atoms with Crippen molar-refractivity contribution >= 4 is 16.1 Å². The Bertz CT molecular complexity index is 441. The number of carbonyl (C=O) groups excluding carboxylic acids is 1. The van der Waals surface area contributed by atoms with E-state index in [4.69, 9.17) is 0 Å². The van der Waals surface area contributed by atoms with Crippen LogP contribution < -0.4 is 0 Å². The van der Waals surface area contributed by atoms with Gasteiger partial charge in [-0.1, -0.05) is 25.7 Å². The highest BCUT2D eigenvalue weighted by atomic mass is 32.3. The van der Waals surface area contributed by atoms with E-state index in [1.54, 1.807) is 0 Å². The lowest BCUT2D eigenvalue weighted by Gasteiger charge is -2.38. The lowest BCUT2D eigenvalue weighted by Crippen LogP contribution is -2.47. The summed E-state index contributed by atoms with van der Waals surface area (Å²) in [6, 6.07) is 0. The Labute approximate surface area is 114 Å². The fourth-order valence-electron chi connectivity index (χ4n) is 3.46. The quantitative estimate of drug-likeness (QED) is 0.592. The van der Waals surface area contributed by atoms with Gasteiger partial charge in [0.25, 0.3) is 0 Å². The molecule has 4 nitrogen and oxygen atoms in total. The lowest BCUT2D eigenvalue weighted by atomic mass is 9.90. The smallest absolute Gasteiger partial charge is 0.302 e. The Morgan fingerprint density at radius 1 is 1.26 bits per heavy atom. The molecule has 0 spiro atoms. The van der Waals surface area contributed by atoms with E-state index < -0.39 is 16.0 Å². The number of likely N-dealkylation sites (tertiary alicyclic amines) is 1. The summed E-state index contributed by atoms with van der Waals surface area (Å²) in [6.07, 6.45) is 6.69. The van der Waals surface area contributed by atoms with Crippen LogP contribution in [-0.2, 0) is 15.0 Å². The van der Waals surface area contributed by atoms with Crippen LogP contribution >= 0.6 is 0 Å². The van der Waals surface area contributed by atoms with E-state index in [1.165, 1.54) is 12.8 Å². The standard InChI is InChI=1S/C13H22FNO3S/c1-13(6-4-2-3-5-7-13)15-9-11(8-12(15)16)10-19(14,17)18/h11H,2-10H2,1H3. The van der Waals surface area contributed by atoms with Gasteiger partial charge in [0.2, 0.25) is 5.91 Å². The third-order valence-electron chi connectivity index (χ3n) is 4.47. The molecule has 1 heterocycles. The molecule has 19 heavy (non-hydrogen) atoms. The second-order valence-corrected chi connectivity index (χ2v) is 7.60. The number of rotatable bonds is 3. The molecule has 1 saturated carbocycles.